The number of hydrogen-bond donors (Lipinski definition) is 2. The first-order valence-corrected chi connectivity index (χ1v) is 5.41. The van der Waals surface area contributed by atoms with Crippen LogP contribution in [-0.2, 0) is 0 Å². The summed E-state index contributed by atoms with van der Waals surface area (Å²) in [6.07, 6.45) is 0. The zero-order valence-corrected chi connectivity index (χ0v) is 10.9. The highest BCUT2D eigenvalue weighted by Gasteiger charge is 2.20. The topological polar surface area (TPSA) is 72.5 Å². The number of carboxylic acids is 1. The van der Waals surface area contributed by atoms with Gasteiger partial charge in [-0.05, 0) is 44.6 Å². The molecule has 0 saturated heterocycles. The van der Waals surface area contributed by atoms with Crippen LogP contribution >= 0.6 is 38.5 Å². The van der Waals surface area contributed by atoms with E-state index in [9.17, 15) is 4.79 Å². The molecule has 0 atom stereocenters. The lowest BCUT2D eigenvalue weighted by atomic mass is 10.1. The van der Waals surface area contributed by atoms with E-state index in [1.165, 1.54) is 7.11 Å². The van der Waals surface area contributed by atoms with Gasteiger partial charge < -0.3 is 15.6 Å². The van der Waals surface area contributed by atoms with Gasteiger partial charge in [-0.2, -0.15) is 0 Å². The molecule has 76 valence electrons. The lowest BCUT2D eigenvalue weighted by Gasteiger charge is -2.11. The summed E-state index contributed by atoms with van der Waals surface area (Å²) in [6, 6.07) is 1.71. The van der Waals surface area contributed by atoms with Crippen LogP contribution < -0.4 is 10.5 Å². The third-order valence-corrected chi connectivity index (χ3v) is 3.10. The van der Waals surface area contributed by atoms with Gasteiger partial charge in [0.2, 0.25) is 0 Å². The maximum Gasteiger partial charge on any atom is 0.341 e. The smallest absolute Gasteiger partial charge is 0.341 e. The molecule has 14 heavy (non-hydrogen) atoms. The first-order chi connectivity index (χ1) is 6.49. The molecular weight excluding hydrogens is 365 g/mol. The lowest BCUT2D eigenvalue weighted by molar-refractivity contribution is 0.0694. The van der Waals surface area contributed by atoms with Crippen LogP contribution in [0, 0.1) is 3.57 Å². The summed E-state index contributed by atoms with van der Waals surface area (Å²) in [5.74, 6) is -0.808. The van der Waals surface area contributed by atoms with Gasteiger partial charge >= 0.3 is 5.97 Å². The minimum Gasteiger partial charge on any atom is -0.495 e. The van der Waals surface area contributed by atoms with Crippen LogP contribution in [0.15, 0.2) is 10.5 Å². The molecular formula is C8H7BrINO3. The van der Waals surface area contributed by atoms with E-state index in [1.807, 2.05) is 22.6 Å². The summed E-state index contributed by atoms with van der Waals surface area (Å²) in [5.41, 5.74) is 5.79. The van der Waals surface area contributed by atoms with E-state index >= 15 is 0 Å². The molecule has 6 heteroatoms. The maximum absolute atomic E-state index is 10.9. The second-order valence-electron chi connectivity index (χ2n) is 2.47. The van der Waals surface area contributed by atoms with Crippen LogP contribution in [0.1, 0.15) is 10.4 Å². The molecule has 0 amide bonds. The average Bonchev–Trinajstić information content (AvgIpc) is 2.10. The van der Waals surface area contributed by atoms with E-state index in [1.54, 1.807) is 6.07 Å². The molecule has 1 rings (SSSR count). The predicted molar refractivity (Wildman–Crippen MR) is 64.8 cm³/mol. The van der Waals surface area contributed by atoms with Crippen molar-refractivity contribution in [1.29, 1.82) is 0 Å². The first kappa shape index (κ1) is 11.6. The molecule has 0 bridgehead atoms. The molecule has 4 nitrogen and oxygen atoms in total. The van der Waals surface area contributed by atoms with Crippen LogP contribution in [0.25, 0.3) is 0 Å². The van der Waals surface area contributed by atoms with Crippen molar-refractivity contribution in [2.75, 3.05) is 12.8 Å². The number of nitrogens with two attached hydrogens (primary N) is 1. The number of anilines is 1. The molecule has 0 aliphatic rings. The number of rotatable bonds is 2. The molecule has 1 aromatic carbocycles. The van der Waals surface area contributed by atoms with Crippen molar-refractivity contribution in [2.24, 2.45) is 0 Å². The molecule has 1 aromatic rings. The Labute approximate surface area is 103 Å². The fourth-order valence-electron chi connectivity index (χ4n) is 1.03. The second kappa shape index (κ2) is 4.35. The van der Waals surface area contributed by atoms with E-state index in [0.717, 1.165) is 0 Å². The van der Waals surface area contributed by atoms with Gasteiger partial charge in [-0.25, -0.2) is 4.79 Å². The highest BCUT2D eigenvalue weighted by molar-refractivity contribution is 14.1. The first-order valence-electron chi connectivity index (χ1n) is 3.53. The third-order valence-electron chi connectivity index (χ3n) is 1.64. The Hall–Kier alpha value is -0.500. The number of carbonyl (C=O) groups is 1. The van der Waals surface area contributed by atoms with Crippen molar-refractivity contribution in [1.82, 2.24) is 0 Å². The van der Waals surface area contributed by atoms with Crippen LogP contribution in [0.3, 0.4) is 0 Å². The molecule has 0 spiro atoms. The van der Waals surface area contributed by atoms with Crippen LogP contribution in [0.4, 0.5) is 5.69 Å². The number of benzene rings is 1. The summed E-state index contributed by atoms with van der Waals surface area (Å²) in [4.78, 5) is 10.9. The average molecular weight is 372 g/mol. The Balaban J connectivity index is 3.56. The number of nitrogen functional groups attached to an aromatic ring is 1. The van der Waals surface area contributed by atoms with Crippen molar-refractivity contribution in [3.63, 3.8) is 0 Å². The van der Waals surface area contributed by atoms with Crippen LogP contribution in [0.2, 0.25) is 0 Å². The van der Waals surface area contributed by atoms with Gasteiger partial charge in [0.15, 0.2) is 0 Å². The number of aromatic carboxylic acids is 1. The van der Waals surface area contributed by atoms with Crippen molar-refractivity contribution in [3.05, 3.63) is 19.7 Å². The molecule has 0 saturated carbocycles. The Morgan fingerprint density at radius 1 is 1.71 bits per heavy atom. The predicted octanol–water partition coefficient (Wildman–Crippen LogP) is 2.34. The highest BCUT2D eigenvalue weighted by atomic mass is 127. The molecule has 0 aromatic heterocycles. The maximum atomic E-state index is 10.9. The summed E-state index contributed by atoms with van der Waals surface area (Å²) in [7, 11) is 1.41. The molecule has 0 unspecified atom stereocenters. The van der Waals surface area contributed by atoms with Crippen LogP contribution in [-0.4, -0.2) is 18.2 Å². The fraction of sp³-hybridized carbons (Fsp3) is 0.125. The minimum atomic E-state index is -1.10. The van der Waals surface area contributed by atoms with Gasteiger partial charge in [0.1, 0.15) is 11.3 Å². The van der Waals surface area contributed by atoms with E-state index in [-0.39, 0.29) is 11.3 Å². The Morgan fingerprint density at radius 3 is 2.71 bits per heavy atom. The van der Waals surface area contributed by atoms with Crippen molar-refractivity contribution in [2.45, 2.75) is 0 Å². The van der Waals surface area contributed by atoms with E-state index in [4.69, 9.17) is 15.6 Å². The summed E-state index contributed by atoms with van der Waals surface area (Å²) in [5, 5.41) is 8.94. The van der Waals surface area contributed by atoms with Crippen molar-refractivity contribution >= 4 is 50.2 Å². The Morgan fingerprint density at radius 2 is 2.29 bits per heavy atom. The SMILES string of the molecule is COc1c(I)cc(Br)c(N)c1C(=O)O. The molecule has 0 radical (unpaired) electrons. The molecule has 0 heterocycles. The number of hydrogen-bond acceptors (Lipinski definition) is 3. The highest BCUT2D eigenvalue weighted by Crippen LogP contribution is 2.35. The number of methoxy groups -OCH3 is 1. The number of carboxylic acid groups (broad SMARTS) is 1. The fourth-order valence-corrected chi connectivity index (χ4v) is 2.68. The van der Waals surface area contributed by atoms with Crippen molar-refractivity contribution < 1.29 is 14.6 Å². The summed E-state index contributed by atoms with van der Waals surface area (Å²) in [6.45, 7) is 0. The summed E-state index contributed by atoms with van der Waals surface area (Å²) < 4.78 is 6.24. The molecule has 3 N–H and O–H groups in total. The second-order valence-corrected chi connectivity index (χ2v) is 4.48. The monoisotopic (exact) mass is 371 g/mol. The van der Waals surface area contributed by atoms with Gasteiger partial charge in [0.25, 0.3) is 0 Å². The standard InChI is InChI=1S/C8H7BrINO3/c1-14-7-4(10)2-3(9)6(11)5(7)8(12)13/h2H,11H2,1H3,(H,12,13). The molecule has 0 aliphatic carbocycles. The zero-order chi connectivity index (χ0) is 10.9. The molecule has 0 aliphatic heterocycles. The van der Waals surface area contributed by atoms with E-state index < -0.39 is 5.97 Å². The summed E-state index contributed by atoms with van der Waals surface area (Å²) >= 11 is 5.17. The zero-order valence-electron chi connectivity index (χ0n) is 7.17. The van der Waals surface area contributed by atoms with Gasteiger partial charge in [0, 0.05) is 4.47 Å². The lowest BCUT2D eigenvalue weighted by Crippen LogP contribution is -2.07. The number of ether oxygens (including phenoxy) is 1. The largest absolute Gasteiger partial charge is 0.495 e. The van der Waals surface area contributed by atoms with Gasteiger partial charge in [0.05, 0.1) is 16.4 Å². The Kier molecular flexibility index (Phi) is 3.59. The van der Waals surface area contributed by atoms with E-state index in [0.29, 0.717) is 13.8 Å². The molecule has 0 fully saturated rings. The van der Waals surface area contributed by atoms with Crippen molar-refractivity contribution in [3.8, 4) is 5.75 Å². The van der Waals surface area contributed by atoms with Gasteiger partial charge in [-0.15, -0.1) is 0 Å². The van der Waals surface area contributed by atoms with Gasteiger partial charge in [-0.1, -0.05) is 0 Å². The quantitative estimate of drug-likeness (QED) is 0.618. The normalized spacial score (nSPS) is 9.93. The number of halogens is 2. The van der Waals surface area contributed by atoms with Crippen LogP contribution in [0.5, 0.6) is 5.75 Å². The van der Waals surface area contributed by atoms with Gasteiger partial charge in [-0.3, -0.25) is 0 Å². The Bertz CT molecular complexity index is 395. The minimum absolute atomic E-state index is 0.00808. The third kappa shape index (κ3) is 1.95. The van der Waals surface area contributed by atoms with E-state index in [2.05, 4.69) is 15.9 Å².